The maximum Gasteiger partial charge on any atom is 0.310 e. The summed E-state index contributed by atoms with van der Waals surface area (Å²) in [6.45, 7) is 0. The van der Waals surface area contributed by atoms with Crippen LogP contribution in [0.1, 0.15) is 60.6 Å². The zero-order valence-corrected chi connectivity index (χ0v) is 13.3. The molecule has 2 atom stereocenters. The molecule has 22 heavy (non-hydrogen) atoms. The lowest BCUT2D eigenvalue weighted by atomic mass is 9.84. The number of nitrogens with one attached hydrogen (secondary N) is 2. The summed E-state index contributed by atoms with van der Waals surface area (Å²) in [5, 5.41) is 10.2. The molecule has 0 spiro atoms. The third-order valence-electron chi connectivity index (χ3n) is 4.52. The van der Waals surface area contributed by atoms with Gasteiger partial charge in [-0.2, -0.15) is 5.10 Å². The van der Waals surface area contributed by atoms with Gasteiger partial charge in [-0.3, -0.25) is 14.7 Å². The second-order valence-electron chi connectivity index (χ2n) is 6.07. The minimum Gasteiger partial charge on any atom is -0.469 e. The lowest BCUT2D eigenvalue weighted by Gasteiger charge is -2.29. The zero-order chi connectivity index (χ0) is 15.7. The van der Waals surface area contributed by atoms with Gasteiger partial charge in [0.1, 0.15) is 0 Å². The van der Waals surface area contributed by atoms with Crippen LogP contribution in [-0.2, 0) is 9.53 Å². The molecule has 0 saturated heterocycles. The van der Waals surface area contributed by atoms with Crippen molar-refractivity contribution >= 4 is 23.5 Å². The Labute approximate surface area is 133 Å². The number of carbonyl (C=O) groups is 2. The lowest BCUT2D eigenvalue weighted by molar-refractivity contribution is -0.147. The highest BCUT2D eigenvalue weighted by atomic mass is 35.5. The van der Waals surface area contributed by atoms with E-state index in [9.17, 15) is 9.59 Å². The number of methoxy groups -OCH3 is 1. The van der Waals surface area contributed by atoms with Gasteiger partial charge in [-0.05, 0) is 25.7 Å². The molecule has 120 valence electrons. The summed E-state index contributed by atoms with van der Waals surface area (Å²) in [6, 6.07) is -0.217. The first kappa shape index (κ1) is 15.3. The number of rotatable bonds is 4. The zero-order valence-electron chi connectivity index (χ0n) is 12.5. The quantitative estimate of drug-likeness (QED) is 0.833. The average Bonchev–Trinajstić information content (AvgIpc) is 3.29. The first-order valence-electron chi connectivity index (χ1n) is 7.74. The maximum atomic E-state index is 12.4. The number of halogens is 1. The Bertz CT molecular complexity index is 583. The SMILES string of the molecule is COC(=O)C1CCCCC1NC(=O)c1n[nH]c(C2CC2)c1Cl. The molecule has 2 aliphatic carbocycles. The number of hydrogen-bond acceptors (Lipinski definition) is 4. The molecular formula is C15H20ClN3O3. The molecule has 2 unspecified atom stereocenters. The molecule has 0 bridgehead atoms. The minimum absolute atomic E-state index is 0.217. The van der Waals surface area contributed by atoms with Crippen LogP contribution in [0.2, 0.25) is 5.02 Å². The van der Waals surface area contributed by atoms with Crippen LogP contribution in [0.5, 0.6) is 0 Å². The second kappa shape index (κ2) is 6.28. The molecule has 7 heteroatoms. The second-order valence-corrected chi connectivity index (χ2v) is 6.45. The summed E-state index contributed by atoms with van der Waals surface area (Å²) in [6.07, 6.45) is 5.62. The molecule has 1 aromatic rings. The number of H-pyrrole nitrogens is 1. The van der Waals surface area contributed by atoms with Crippen molar-refractivity contribution in [2.75, 3.05) is 7.11 Å². The van der Waals surface area contributed by atoms with Crippen molar-refractivity contribution in [3.63, 3.8) is 0 Å². The van der Waals surface area contributed by atoms with Gasteiger partial charge in [-0.25, -0.2) is 0 Å². The van der Waals surface area contributed by atoms with E-state index in [-0.39, 0.29) is 29.5 Å². The van der Waals surface area contributed by atoms with Crippen molar-refractivity contribution < 1.29 is 14.3 Å². The molecule has 2 N–H and O–H groups in total. The molecule has 3 rings (SSSR count). The maximum absolute atomic E-state index is 12.4. The summed E-state index contributed by atoms with van der Waals surface area (Å²) < 4.78 is 4.84. The Hall–Kier alpha value is -1.56. The highest BCUT2D eigenvalue weighted by Gasteiger charge is 2.35. The van der Waals surface area contributed by atoms with Crippen LogP contribution < -0.4 is 5.32 Å². The van der Waals surface area contributed by atoms with Crippen LogP contribution in [-0.4, -0.2) is 35.2 Å². The summed E-state index contributed by atoms with van der Waals surface area (Å²) in [4.78, 5) is 24.3. The Balaban J connectivity index is 1.71. The predicted octanol–water partition coefficient (Wildman–Crippen LogP) is 2.40. The fraction of sp³-hybridized carbons (Fsp3) is 0.667. The molecule has 2 saturated carbocycles. The van der Waals surface area contributed by atoms with Crippen LogP contribution in [0.25, 0.3) is 0 Å². The smallest absolute Gasteiger partial charge is 0.310 e. The highest BCUT2D eigenvalue weighted by Crippen LogP contribution is 2.42. The van der Waals surface area contributed by atoms with E-state index in [2.05, 4.69) is 15.5 Å². The molecule has 0 aromatic carbocycles. The number of carbonyl (C=O) groups excluding carboxylic acids is 2. The number of aromatic amines is 1. The van der Waals surface area contributed by atoms with Crippen molar-refractivity contribution in [1.82, 2.24) is 15.5 Å². The molecule has 1 heterocycles. The monoisotopic (exact) mass is 325 g/mol. The van der Waals surface area contributed by atoms with Gasteiger partial charge < -0.3 is 10.1 Å². The summed E-state index contributed by atoms with van der Waals surface area (Å²) >= 11 is 6.25. The van der Waals surface area contributed by atoms with Crippen LogP contribution in [0.3, 0.4) is 0 Å². The molecule has 0 aliphatic heterocycles. The Kier molecular flexibility index (Phi) is 4.38. The molecular weight excluding hydrogens is 306 g/mol. The first-order chi connectivity index (χ1) is 10.6. The standard InChI is InChI=1S/C15H20ClN3O3/c1-22-15(21)9-4-2-3-5-10(9)17-14(20)13-11(16)12(18-19-13)8-6-7-8/h8-10H,2-7H2,1H3,(H,17,20)(H,18,19). The lowest BCUT2D eigenvalue weighted by Crippen LogP contribution is -2.45. The van der Waals surface area contributed by atoms with Gasteiger partial charge in [0.15, 0.2) is 5.69 Å². The van der Waals surface area contributed by atoms with Gasteiger partial charge in [-0.15, -0.1) is 0 Å². The number of hydrogen-bond donors (Lipinski definition) is 2. The van der Waals surface area contributed by atoms with Crippen molar-refractivity contribution in [2.24, 2.45) is 5.92 Å². The van der Waals surface area contributed by atoms with Crippen LogP contribution in [0.4, 0.5) is 0 Å². The van der Waals surface area contributed by atoms with Gasteiger partial charge in [-0.1, -0.05) is 24.4 Å². The summed E-state index contributed by atoms with van der Waals surface area (Å²) in [7, 11) is 1.38. The Morgan fingerprint density at radius 2 is 2.00 bits per heavy atom. The molecule has 0 radical (unpaired) electrons. The highest BCUT2D eigenvalue weighted by molar-refractivity contribution is 6.34. The van der Waals surface area contributed by atoms with Crippen LogP contribution >= 0.6 is 11.6 Å². The number of esters is 1. The minimum atomic E-state index is -0.325. The summed E-state index contributed by atoms with van der Waals surface area (Å²) in [5.41, 5.74) is 1.07. The topological polar surface area (TPSA) is 84.1 Å². The van der Waals surface area contributed by atoms with E-state index in [0.29, 0.717) is 10.9 Å². The number of ether oxygens (including phenoxy) is 1. The fourth-order valence-corrected chi connectivity index (χ4v) is 3.43. The van der Waals surface area contributed by atoms with E-state index in [1.807, 2.05) is 0 Å². The van der Waals surface area contributed by atoms with E-state index in [1.54, 1.807) is 0 Å². The Morgan fingerprint density at radius 1 is 1.27 bits per heavy atom. The first-order valence-corrected chi connectivity index (χ1v) is 8.12. The predicted molar refractivity (Wildman–Crippen MR) is 80.8 cm³/mol. The van der Waals surface area contributed by atoms with Gasteiger partial charge >= 0.3 is 5.97 Å². The number of nitrogens with zero attached hydrogens (tertiary/aromatic N) is 1. The van der Waals surface area contributed by atoms with Crippen molar-refractivity contribution in [2.45, 2.75) is 50.5 Å². The number of aromatic nitrogens is 2. The van der Waals surface area contributed by atoms with Crippen LogP contribution in [0, 0.1) is 5.92 Å². The van der Waals surface area contributed by atoms with Gasteiger partial charge in [0.25, 0.3) is 5.91 Å². The normalized spacial score (nSPS) is 24.8. The molecule has 1 aromatic heterocycles. The third-order valence-corrected chi connectivity index (χ3v) is 4.90. The third kappa shape index (κ3) is 2.97. The van der Waals surface area contributed by atoms with Gasteiger partial charge in [0.05, 0.1) is 23.7 Å². The van der Waals surface area contributed by atoms with E-state index in [1.165, 1.54) is 7.11 Å². The molecule has 6 nitrogen and oxygen atoms in total. The Morgan fingerprint density at radius 3 is 2.68 bits per heavy atom. The van der Waals surface area contributed by atoms with Gasteiger partial charge in [0.2, 0.25) is 0 Å². The largest absolute Gasteiger partial charge is 0.469 e. The molecule has 1 amide bonds. The van der Waals surface area contributed by atoms with E-state index in [0.717, 1.165) is 44.2 Å². The van der Waals surface area contributed by atoms with E-state index < -0.39 is 0 Å². The van der Waals surface area contributed by atoms with Crippen molar-refractivity contribution in [3.8, 4) is 0 Å². The van der Waals surface area contributed by atoms with E-state index in [4.69, 9.17) is 16.3 Å². The average molecular weight is 326 g/mol. The van der Waals surface area contributed by atoms with Crippen molar-refractivity contribution in [1.29, 1.82) is 0 Å². The van der Waals surface area contributed by atoms with Gasteiger partial charge in [0, 0.05) is 12.0 Å². The summed E-state index contributed by atoms with van der Waals surface area (Å²) in [5.74, 6) is -0.479. The van der Waals surface area contributed by atoms with Crippen molar-refractivity contribution in [3.05, 3.63) is 16.4 Å². The number of amides is 1. The molecule has 2 aliphatic rings. The molecule has 2 fully saturated rings. The van der Waals surface area contributed by atoms with E-state index >= 15 is 0 Å². The van der Waals surface area contributed by atoms with Crippen LogP contribution in [0.15, 0.2) is 0 Å². The fourth-order valence-electron chi connectivity index (χ4n) is 3.11.